The molecule has 0 unspecified atom stereocenters. The van der Waals surface area contributed by atoms with Crippen LogP contribution in [0.15, 0.2) is 71.1 Å². The molecule has 0 radical (unpaired) electrons. The predicted octanol–water partition coefficient (Wildman–Crippen LogP) is 4.96. The first-order valence-corrected chi connectivity index (χ1v) is 9.71. The van der Waals surface area contributed by atoms with Gasteiger partial charge in [-0.05, 0) is 30.5 Å². The van der Waals surface area contributed by atoms with Gasteiger partial charge in [-0.2, -0.15) is 5.10 Å². The Kier molecular flexibility index (Phi) is 5.04. The van der Waals surface area contributed by atoms with Crippen LogP contribution in [0.3, 0.4) is 0 Å². The Morgan fingerprint density at radius 2 is 1.93 bits per heavy atom. The van der Waals surface area contributed by atoms with E-state index in [1.54, 1.807) is 24.4 Å². The molecule has 0 bridgehead atoms. The molecule has 140 valence electrons. The van der Waals surface area contributed by atoms with E-state index >= 15 is 0 Å². The van der Waals surface area contributed by atoms with Crippen LogP contribution in [0.25, 0.3) is 10.9 Å². The highest BCUT2D eigenvalue weighted by molar-refractivity contribution is 7.12. The molecule has 6 heteroatoms. The van der Waals surface area contributed by atoms with Crippen molar-refractivity contribution in [2.24, 2.45) is 5.10 Å². The molecule has 0 saturated carbocycles. The van der Waals surface area contributed by atoms with Gasteiger partial charge in [0.1, 0.15) is 5.82 Å². The number of para-hydroxylation sites is 1. The van der Waals surface area contributed by atoms with Gasteiger partial charge in [0, 0.05) is 27.7 Å². The molecule has 2 aromatic heterocycles. The maximum absolute atomic E-state index is 14.2. The van der Waals surface area contributed by atoms with Crippen LogP contribution in [-0.4, -0.2) is 16.7 Å². The molecule has 4 nitrogen and oxygen atoms in total. The lowest BCUT2D eigenvalue weighted by Gasteiger charge is -2.09. The number of benzene rings is 2. The minimum atomic E-state index is -0.237. The van der Waals surface area contributed by atoms with Crippen molar-refractivity contribution in [3.8, 4) is 0 Å². The number of fused-ring (bicyclic) bond motifs is 1. The third kappa shape index (κ3) is 3.46. The summed E-state index contributed by atoms with van der Waals surface area (Å²) in [5.41, 5.74) is 6.04. The van der Waals surface area contributed by atoms with E-state index in [4.69, 9.17) is 0 Å². The van der Waals surface area contributed by atoms with Gasteiger partial charge in [0.2, 0.25) is 0 Å². The van der Waals surface area contributed by atoms with E-state index in [9.17, 15) is 9.18 Å². The van der Waals surface area contributed by atoms with E-state index in [1.165, 1.54) is 17.4 Å². The third-order valence-corrected chi connectivity index (χ3v) is 5.54. The summed E-state index contributed by atoms with van der Waals surface area (Å²) in [6, 6.07) is 18.3. The lowest BCUT2D eigenvalue weighted by molar-refractivity contribution is 0.0959. The maximum Gasteiger partial charge on any atom is 0.281 e. The van der Waals surface area contributed by atoms with E-state index in [0.717, 1.165) is 22.2 Å². The number of nitrogens with one attached hydrogen (secondary N) is 1. The van der Waals surface area contributed by atoms with Gasteiger partial charge in [0.05, 0.1) is 17.6 Å². The van der Waals surface area contributed by atoms with Crippen LogP contribution >= 0.6 is 11.3 Å². The summed E-state index contributed by atoms with van der Waals surface area (Å²) < 4.78 is 16.2. The third-order valence-electron chi connectivity index (χ3n) is 4.67. The minimum Gasteiger partial charge on any atom is -0.340 e. The molecule has 1 N–H and O–H groups in total. The van der Waals surface area contributed by atoms with Crippen molar-refractivity contribution in [3.63, 3.8) is 0 Å². The highest BCUT2D eigenvalue weighted by Crippen LogP contribution is 2.26. The minimum absolute atomic E-state index is 0.224. The van der Waals surface area contributed by atoms with Crippen LogP contribution in [0.4, 0.5) is 4.39 Å². The van der Waals surface area contributed by atoms with Crippen LogP contribution in [0.1, 0.15) is 26.5 Å². The smallest absolute Gasteiger partial charge is 0.281 e. The summed E-state index contributed by atoms with van der Waals surface area (Å²) >= 11 is 1.36. The first-order valence-electron chi connectivity index (χ1n) is 8.83. The van der Waals surface area contributed by atoms with Gasteiger partial charge in [-0.3, -0.25) is 4.79 Å². The number of nitrogens with zero attached hydrogens (tertiary/aromatic N) is 2. The first-order chi connectivity index (χ1) is 13.6. The Balaban J connectivity index is 1.67. The normalized spacial score (nSPS) is 11.4. The van der Waals surface area contributed by atoms with Crippen molar-refractivity contribution in [1.82, 2.24) is 9.99 Å². The fourth-order valence-electron chi connectivity index (χ4n) is 3.24. The number of hydrazone groups is 1. The van der Waals surface area contributed by atoms with Crippen LogP contribution in [-0.2, 0) is 6.54 Å². The number of amides is 1. The SMILES string of the molecule is Cc1c(C=NNC(=O)c2cccs2)c2ccccc2n1Cc1ccccc1F. The van der Waals surface area contributed by atoms with E-state index in [-0.39, 0.29) is 11.7 Å². The molecule has 0 aliphatic carbocycles. The lowest BCUT2D eigenvalue weighted by Crippen LogP contribution is -2.16. The second-order valence-corrected chi connectivity index (χ2v) is 7.32. The van der Waals surface area contributed by atoms with Crippen LogP contribution in [0.2, 0.25) is 0 Å². The Morgan fingerprint density at radius 3 is 2.71 bits per heavy atom. The maximum atomic E-state index is 14.2. The quantitative estimate of drug-likeness (QED) is 0.379. The zero-order valence-electron chi connectivity index (χ0n) is 15.2. The number of hydrogen-bond donors (Lipinski definition) is 1. The molecule has 0 aliphatic heterocycles. The molecule has 4 rings (SSSR count). The number of halogens is 1. The molecule has 0 saturated heterocycles. The molecule has 2 aromatic carbocycles. The van der Waals surface area contributed by atoms with Gasteiger partial charge in [0.25, 0.3) is 5.91 Å². The molecule has 28 heavy (non-hydrogen) atoms. The largest absolute Gasteiger partial charge is 0.340 e. The average Bonchev–Trinajstić information content (AvgIpc) is 3.33. The molecular weight excluding hydrogens is 373 g/mol. The van der Waals surface area contributed by atoms with Crippen molar-refractivity contribution in [2.45, 2.75) is 13.5 Å². The van der Waals surface area contributed by atoms with E-state index in [2.05, 4.69) is 15.1 Å². The zero-order valence-corrected chi connectivity index (χ0v) is 16.0. The van der Waals surface area contributed by atoms with Gasteiger partial charge in [0.15, 0.2) is 0 Å². The van der Waals surface area contributed by atoms with Crippen molar-refractivity contribution in [2.75, 3.05) is 0 Å². The number of aromatic nitrogens is 1. The van der Waals surface area contributed by atoms with Crippen LogP contribution < -0.4 is 5.43 Å². The molecule has 4 aromatic rings. The molecule has 2 heterocycles. The van der Waals surface area contributed by atoms with E-state index in [0.29, 0.717) is 17.0 Å². The Hall–Kier alpha value is -3.25. The van der Waals surface area contributed by atoms with Crippen molar-refractivity contribution < 1.29 is 9.18 Å². The summed E-state index contributed by atoms with van der Waals surface area (Å²) in [5, 5.41) is 6.99. The summed E-state index contributed by atoms with van der Waals surface area (Å²) in [7, 11) is 0. The molecular formula is C22H18FN3OS. The lowest BCUT2D eigenvalue weighted by atomic mass is 10.1. The molecule has 0 aliphatic rings. The van der Waals surface area contributed by atoms with Crippen molar-refractivity contribution in [1.29, 1.82) is 0 Å². The van der Waals surface area contributed by atoms with Gasteiger partial charge in [-0.15, -0.1) is 11.3 Å². The monoisotopic (exact) mass is 391 g/mol. The highest BCUT2D eigenvalue weighted by Gasteiger charge is 2.14. The topological polar surface area (TPSA) is 46.4 Å². The van der Waals surface area contributed by atoms with Crippen molar-refractivity contribution in [3.05, 3.63) is 93.6 Å². The summed E-state index contributed by atoms with van der Waals surface area (Å²) in [6.45, 7) is 2.40. The number of carbonyl (C=O) groups excluding carboxylic acids is 1. The summed E-state index contributed by atoms with van der Waals surface area (Å²) in [5.74, 6) is -0.461. The Morgan fingerprint density at radius 1 is 1.14 bits per heavy atom. The van der Waals surface area contributed by atoms with Crippen molar-refractivity contribution >= 4 is 34.4 Å². The van der Waals surface area contributed by atoms with Gasteiger partial charge in [-0.1, -0.05) is 42.5 Å². The first kappa shape index (κ1) is 18.1. The molecule has 0 fully saturated rings. The Labute approximate surface area is 165 Å². The number of carbonyl (C=O) groups is 1. The second kappa shape index (κ2) is 7.78. The number of hydrogen-bond acceptors (Lipinski definition) is 3. The second-order valence-electron chi connectivity index (χ2n) is 6.37. The number of thiophene rings is 1. The summed E-state index contributed by atoms with van der Waals surface area (Å²) in [4.78, 5) is 12.7. The molecule has 1 amide bonds. The van der Waals surface area contributed by atoms with Crippen LogP contribution in [0, 0.1) is 12.7 Å². The van der Waals surface area contributed by atoms with Gasteiger partial charge < -0.3 is 4.57 Å². The predicted molar refractivity (Wildman–Crippen MR) is 112 cm³/mol. The van der Waals surface area contributed by atoms with Crippen LogP contribution in [0.5, 0.6) is 0 Å². The standard InChI is InChI=1S/C22H18FN3OS/c1-15-18(13-24-25-22(27)21-11-6-12-28-21)17-8-3-5-10-20(17)26(15)14-16-7-2-4-9-19(16)23/h2-13H,14H2,1H3,(H,25,27). The molecule has 0 spiro atoms. The fraction of sp³-hybridized carbons (Fsp3) is 0.0909. The zero-order chi connectivity index (χ0) is 19.5. The summed E-state index contributed by atoms with van der Waals surface area (Å²) in [6.07, 6.45) is 1.65. The molecule has 0 atom stereocenters. The van der Waals surface area contributed by atoms with E-state index < -0.39 is 0 Å². The highest BCUT2D eigenvalue weighted by atomic mass is 32.1. The van der Waals surface area contributed by atoms with Gasteiger partial charge >= 0.3 is 0 Å². The Bertz CT molecular complexity index is 1160. The van der Waals surface area contributed by atoms with Gasteiger partial charge in [-0.25, -0.2) is 9.82 Å². The average molecular weight is 391 g/mol. The fourth-order valence-corrected chi connectivity index (χ4v) is 3.85. The van der Waals surface area contributed by atoms with E-state index in [1.807, 2.05) is 48.7 Å². The number of rotatable bonds is 5.